The molecule has 2 aromatic rings. The average molecular weight is 488 g/mol. The number of amides is 1. The van der Waals surface area contributed by atoms with E-state index in [-0.39, 0.29) is 30.5 Å². The molecule has 1 saturated carbocycles. The normalized spacial score (nSPS) is 31.9. The van der Waals surface area contributed by atoms with E-state index in [0.717, 1.165) is 36.8 Å². The largest absolute Gasteiger partial charge is 0.494 e. The van der Waals surface area contributed by atoms with Crippen molar-refractivity contribution in [3.05, 3.63) is 65.7 Å². The molecule has 4 aliphatic rings. The molecule has 3 heterocycles. The molecule has 1 amide bonds. The number of carbonyl (C=O) groups is 1. The number of hydrogen-bond acceptors (Lipinski definition) is 5. The Morgan fingerprint density at radius 2 is 1.64 bits per heavy atom. The van der Waals surface area contributed by atoms with Crippen molar-refractivity contribution in [2.75, 3.05) is 6.54 Å². The summed E-state index contributed by atoms with van der Waals surface area (Å²) in [5.74, 6) is 1.07. The molecule has 190 valence electrons. The van der Waals surface area contributed by atoms with Crippen molar-refractivity contribution < 1.29 is 18.8 Å². The zero-order chi connectivity index (χ0) is 25.1. The Bertz CT molecular complexity index is 1090. The smallest absolute Gasteiger partial charge is 0.445 e. The van der Waals surface area contributed by atoms with Gasteiger partial charge in [-0.2, -0.15) is 0 Å². The Kier molecular flexibility index (Phi) is 5.93. The van der Waals surface area contributed by atoms with E-state index in [1.165, 1.54) is 5.56 Å². The van der Waals surface area contributed by atoms with Crippen LogP contribution in [-0.2, 0) is 20.7 Å². The number of hydrogen-bond donors (Lipinski definition) is 1. The summed E-state index contributed by atoms with van der Waals surface area (Å²) in [7, 11) is -0.334. The Labute approximate surface area is 214 Å². The molecule has 2 unspecified atom stereocenters. The molecular weight excluding hydrogens is 451 g/mol. The maximum Gasteiger partial charge on any atom is 0.494 e. The topological polar surface area (TPSA) is 60.0 Å². The van der Waals surface area contributed by atoms with E-state index < -0.39 is 0 Å². The second kappa shape index (κ2) is 8.89. The van der Waals surface area contributed by atoms with Crippen LogP contribution in [0.1, 0.15) is 64.0 Å². The van der Waals surface area contributed by atoms with Gasteiger partial charge < -0.3 is 24.3 Å². The van der Waals surface area contributed by atoms with Gasteiger partial charge in [0, 0.05) is 18.6 Å². The number of rotatable bonds is 5. The first-order valence-corrected chi connectivity index (χ1v) is 13.4. The maximum absolute atomic E-state index is 13.1. The Morgan fingerprint density at radius 3 is 2.33 bits per heavy atom. The van der Waals surface area contributed by atoms with E-state index in [0.29, 0.717) is 30.5 Å². The third-order valence-corrected chi connectivity index (χ3v) is 9.12. The molecule has 4 fully saturated rings. The fraction of sp³-hybridized carbons (Fsp3) is 0.552. The van der Waals surface area contributed by atoms with E-state index in [2.05, 4.69) is 62.2 Å². The molecule has 0 spiro atoms. The summed E-state index contributed by atoms with van der Waals surface area (Å²) in [6.45, 7) is 9.59. The van der Waals surface area contributed by atoms with Gasteiger partial charge in [0.15, 0.2) is 0 Å². The summed E-state index contributed by atoms with van der Waals surface area (Å²) in [5.41, 5.74) is 2.73. The van der Waals surface area contributed by atoms with Gasteiger partial charge in [-0.3, -0.25) is 0 Å². The standard InChI is InChI=1S/C29H37BN2O4/c1-28(2)29(3,4)36-30(35-28)23-12-10-20(11-13-23)22-14-24(31-17-22)26-16-21-15-25(21)32(26)27(33)34-18-19-8-6-5-7-9-19/h5-13,21-22,24-26,31H,14-18H2,1-4H3/t21-,22?,24?,25-,26+/m1/s1. The molecule has 3 saturated heterocycles. The minimum absolute atomic E-state index is 0.161. The van der Waals surface area contributed by atoms with Crippen LogP contribution in [0.25, 0.3) is 0 Å². The Balaban J connectivity index is 1.08. The highest BCUT2D eigenvalue weighted by atomic mass is 16.7. The van der Waals surface area contributed by atoms with Crippen molar-refractivity contribution in [1.29, 1.82) is 0 Å². The van der Waals surface area contributed by atoms with E-state index >= 15 is 0 Å². The van der Waals surface area contributed by atoms with Crippen molar-refractivity contribution in [2.45, 2.75) is 88.8 Å². The van der Waals surface area contributed by atoms with Crippen molar-refractivity contribution in [1.82, 2.24) is 10.2 Å². The van der Waals surface area contributed by atoms with Crippen molar-refractivity contribution >= 4 is 18.7 Å². The maximum atomic E-state index is 13.1. The zero-order valence-corrected chi connectivity index (χ0v) is 21.8. The molecule has 6 rings (SSSR count). The lowest BCUT2D eigenvalue weighted by Crippen LogP contribution is -2.48. The summed E-state index contributed by atoms with van der Waals surface area (Å²) < 4.78 is 18.2. The Morgan fingerprint density at radius 1 is 0.972 bits per heavy atom. The molecule has 7 heteroatoms. The van der Waals surface area contributed by atoms with Crippen LogP contribution in [0, 0.1) is 5.92 Å². The van der Waals surface area contributed by atoms with Crippen LogP contribution >= 0.6 is 0 Å². The summed E-state index contributed by atoms with van der Waals surface area (Å²) in [5, 5.41) is 3.74. The number of fused-ring (bicyclic) bond motifs is 1. The summed E-state index contributed by atoms with van der Waals surface area (Å²) in [4.78, 5) is 15.1. The first-order chi connectivity index (χ1) is 17.2. The number of benzene rings is 2. The molecule has 5 atom stereocenters. The van der Waals surface area contributed by atoms with Crippen molar-refractivity contribution in [3.63, 3.8) is 0 Å². The number of carbonyl (C=O) groups excluding carboxylic acids is 1. The minimum Gasteiger partial charge on any atom is -0.445 e. The quantitative estimate of drug-likeness (QED) is 0.639. The molecule has 6 nitrogen and oxygen atoms in total. The molecule has 1 aliphatic carbocycles. The average Bonchev–Trinajstić information content (AvgIpc) is 3.19. The van der Waals surface area contributed by atoms with Crippen LogP contribution < -0.4 is 10.8 Å². The van der Waals surface area contributed by atoms with Crippen LogP contribution in [-0.4, -0.2) is 54.0 Å². The third-order valence-electron chi connectivity index (χ3n) is 9.12. The van der Waals surface area contributed by atoms with Crippen molar-refractivity contribution in [3.8, 4) is 0 Å². The van der Waals surface area contributed by atoms with E-state index in [4.69, 9.17) is 14.0 Å². The van der Waals surface area contributed by atoms with Crippen LogP contribution in [0.3, 0.4) is 0 Å². The van der Waals surface area contributed by atoms with Gasteiger partial charge in [-0.1, -0.05) is 54.6 Å². The van der Waals surface area contributed by atoms with Crippen LogP contribution in [0.2, 0.25) is 0 Å². The van der Waals surface area contributed by atoms with Gasteiger partial charge in [0.05, 0.1) is 17.2 Å². The summed E-state index contributed by atoms with van der Waals surface area (Å²) in [6, 6.07) is 19.5. The van der Waals surface area contributed by atoms with Gasteiger partial charge in [-0.05, 0) is 75.4 Å². The van der Waals surface area contributed by atoms with E-state index in [9.17, 15) is 4.79 Å². The predicted octanol–water partition coefficient (Wildman–Crippen LogP) is 4.23. The highest BCUT2D eigenvalue weighted by Gasteiger charge is 2.57. The lowest BCUT2D eigenvalue weighted by Gasteiger charge is -2.32. The lowest BCUT2D eigenvalue weighted by atomic mass is 9.78. The molecule has 2 aromatic carbocycles. The number of nitrogens with one attached hydrogen (secondary N) is 1. The molecule has 3 aliphatic heterocycles. The van der Waals surface area contributed by atoms with Crippen LogP contribution in [0.4, 0.5) is 4.79 Å². The fourth-order valence-electron chi connectivity index (χ4n) is 6.14. The molecule has 36 heavy (non-hydrogen) atoms. The summed E-state index contributed by atoms with van der Waals surface area (Å²) >= 11 is 0. The molecule has 0 radical (unpaired) electrons. The van der Waals surface area contributed by atoms with Gasteiger partial charge in [0.2, 0.25) is 0 Å². The predicted molar refractivity (Wildman–Crippen MR) is 140 cm³/mol. The van der Waals surface area contributed by atoms with Crippen molar-refractivity contribution in [2.24, 2.45) is 5.92 Å². The highest BCUT2D eigenvalue weighted by molar-refractivity contribution is 6.62. The number of piperidine rings is 1. The lowest BCUT2D eigenvalue weighted by molar-refractivity contribution is 0.00578. The van der Waals surface area contributed by atoms with Crippen LogP contribution in [0.15, 0.2) is 54.6 Å². The van der Waals surface area contributed by atoms with Gasteiger partial charge in [-0.15, -0.1) is 0 Å². The van der Waals surface area contributed by atoms with Gasteiger partial charge in [0.25, 0.3) is 0 Å². The van der Waals surface area contributed by atoms with Gasteiger partial charge >= 0.3 is 13.2 Å². The van der Waals surface area contributed by atoms with E-state index in [1.807, 2.05) is 30.3 Å². The number of likely N-dealkylation sites (tertiary alicyclic amines) is 1. The molecular formula is C29H37BN2O4. The zero-order valence-electron chi connectivity index (χ0n) is 21.8. The first-order valence-electron chi connectivity index (χ1n) is 13.4. The minimum atomic E-state index is -0.338. The number of nitrogens with zero attached hydrogens (tertiary/aromatic N) is 1. The summed E-state index contributed by atoms with van der Waals surface area (Å²) in [6.07, 6.45) is 3.07. The molecule has 0 aromatic heterocycles. The monoisotopic (exact) mass is 488 g/mol. The SMILES string of the molecule is CC1(C)OB(c2ccc(C3CNC([C@@H]4C[C@H]5C[C@H]5N4C(=O)OCc4ccccc4)C3)cc2)OC1(C)C. The first kappa shape index (κ1) is 24.0. The Hall–Kier alpha value is -2.35. The third kappa shape index (κ3) is 4.35. The molecule has 1 N–H and O–H groups in total. The van der Waals surface area contributed by atoms with Gasteiger partial charge in [0.1, 0.15) is 6.61 Å². The highest BCUT2D eigenvalue weighted by Crippen LogP contribution is 2.50. The number of ether oxygens (including phenoxy) is 1. The van der Waals surface area contributed by atoms with E-state index in [1.54, 1.807) is 0 Å². The fourth-order valence-corrected chi connectivity index (χ4v) is 6.14. The second-order valence-electron chi connectivity index (χ2n) is 12.0. The second-order valence-corrected chi connectivity index (χ2v) is 12.0. The van der Waals surface area contributed by atoms with Gasteiger partial charge in [-0.25, -0.2) is 4.79 Å². The molecule has 0 bridgehead atoms. The van der Waals surface area contributed by atoms with Crippen LogP contribution in [0.5, 0.6) is 0 Å².